The second-order valence-electron chi connectivity index (χ2n) is 8.50. The van der Waals surface area contributed by atoms with Crippen LogP contribution in [0.4, 0.5) is 9.80 Å². The molecule has 1 aliphatic rings. The number of nitrogens with one attached hydrogen (secondary N) is 1. The van der Waals surface area contributed by atoms with E-state index in [0.29, 0.717) is 49.7 Å². The van der Waals surface area contributed by atoms with Crippen molar-refractivity contribution in [1.82, 2.24) is 4.90 Å². The highest BCUT2D eigenvalue weighted by Gasteiger charge is 2.28. The van der Waals surface area contributed by atoms with Crippen LogP contribution in [-0.2, 0) is 40.3 Å². The summed E-state index contributed by atoms with van der Waals surface area (Å²) in [4.78, 5) is 27.7. The molecule has 8 nitrogen and oxygen atoms in total. The first-order chi connectivity index (χ1) is 18.1. The number of rotatable bonds is 10. The summed E-state index contributed by atoms with van der Waals surface area (Å²) in [6.07, 6.45) is 0.907. The zero-order valence-electron chi connectivity index (χ0n) is 20.7. The molecule has 4 rings (SSSR count). The zero-order valence-corrected chi connectivity index (χ0v) is 21.5. The van der Waals surface area contributed by atoms with Gasteiger partial charge in [0.15, 0.2) is 0 Å². The molecule has 2 amide bonds. The molecule has 0 atom stereocenters. The number of hydrogen-bond acceptors (Lipinski definition) is 7. The Hall–Kier alpha value is -3.87. The van der Waals surface area contributed by atoms with Gasteiger partial charge in [-0.1, -0.05) is 48.5 Å². The smallest absolute Gasteiger partial charge is 0.410 e. The number of carbonyl (C=O) groups is 2. The number of para-hydroxylation sites is 1. The van der Waals surface area contributed by atoms with E-state index < -0.39 is 6.09 Å². The van der Waals surface area contributed by atoms with Gasteiger partial charge >= 0.3 is 6.09 Å². The number of methoxy groups -OCH3 is 1. The van der Waals surface area contributed by atoms with Gasteiger partial charge < -0.3 is 24.4 Å². The fourth-order valence-corrected chi connectivity index (χ4v) is 5.39. The number of benzene rings is 2. The van der Waals surface area contributed by atoms with Crippen LogP contribution >= 0.6 is 11.3 Å². The molecule has 1 N–H and O–H groups in total. The van der Waals surface area contributed by atoms with Crippen LogP contribution in [-0.4, -0.2) is 43.8 Å². The van der Waals surface area contributed by atoms with Crippen LogP contribution in [0, 0.1) is 11.3 Å². The number of anilines is 1. The second kappa shape index (κ2) is 12.9. The Kier molecular flexibility index (Phi) is 9.13. The van der Waals surface area contributed by atoms with Crippen LogP contribution in [0.3, 0.4) is 0 Å². The number of nitriles is 1. The molecule has 2 aromatic carbocycles. The van der Waals surface area contributed by atoms with Crippen LogP contribution in [0.5, 0.6) is 5.75 Å². The van der Waals surface area contributed by atoms with Gasteiger partial charge in [-0.05, 0) is 35.6 Å². The Labute approximate surface area is 220 Å². The molecular weight excluding hydrogens is 490 g/mol. The summed E-state index contributed by atoms with van der Waals surface area (Å²) in [6.45, 7) is 1.72. The summed E-state index contributed by atoms with van der Waals surface area (Å²) in [6, 6.07) is 19.6. The van der Waals surface area contributed by atoms with Crippen LogP contribution in [0.2, 0.25) is 0 Å². The van der Waals surface area contributed by atoms with Crippen LogP contribution in [0.1, 0.15) is 33.6 Å². The average Bonchev–Trinajstić information content (AvgIpc) is 3.28. The molecule has 1 aromatic heterocycles. The highest BCUT2D eigenvalue weighted by Crippen LogP contribution is 2.37. The molecule has 0 saturated heterocycles. The molecule has 37 heavy (non-hydrogen) atoms. The van der Waals surface area contributed by atoms with Crippen LogP contribution in [0.15, 0.2) is 54.6 Å². The number of carbonyl (C=O) groups excluding carboxylic acids is 2. The fraction of sp³-hybridized carbons (Fsp3) is 0.321. The maximum absolute atomic E-state index is 12.6. The van der Waals surface area contributed by atoms with Crippen molar-refractivity contribution >= 4 is 28.3 Å². The highest BCUT2D eigenvalue weighted by atomic mass is 32.1. The molecule has 9 heteroatoms. The van der Waals surface area contributed by atoms with Gasteiger partial charge in [0.1, 0.15) is 23.4 Å². The highest BCUT2D eigenvalue weighted by molar-refractivity contribution is 7.16. The van der Waals surface area contributed by atoms with Crippen LogP contribution < -0.4 is 10.1 Å². The first-order valence-electron chi connectivity index (χ1n) is 12.1. The molecule has 2 heterocycles. The van der Waals surface area contributed by atoms with Gasteiger partial charge in [-0.3, -0.25) is 4.79 Å². The first kappa shape index (κ1) is 26.2. The van der Waals surface area contributed by atoms with Crippen molar-refractivity contribution in [2.75, 3.05) is 32.2 Å². The van der Waals surface area contributed by atoms with E-state index >= 15 is 0 Å². The molecule has 0 bridgehead atoms. The van der Waals surface area contributed by atoms with Crippen molar-refractivity contribution in [2.24, 2.45) is 0 Å². The maximum atomic E-state index is 12.6. The third kappa shape index (κ3) is 6.88. The molecule has 0 saturated carbocycles. The number of nitrogens with zero attached hydrogens (tertiary/aromatic N) is 2. The molecule has 0 radical (unpaired) electrons. The monoisotopic (exact) mass is 519 g/mol. The summed E-state index contributed by atoms with van der Waals surface area (Å²) < 4.78 is 16.3. The van der Waals surface area contributed by atoms with E-state index in [4.69, 9.17) is 14.2 Å². The topological polar surface area (TPSA) is 101 Å². The summed E-state index contributed by atoms with van der Waals surface area (Å²) in [7, 11) is 1.60. The number of hydrogen-bond donors (Lipinski definition) is 1. The van der Waals surface area contributed by atoms with Crippen molar-refractivity contribution in [3.05, 3.63) is 81.7 Å². The average molecular weight is 520 g/mol. The van der Waals surface area contributed by atoms with E-state index in [1.807, 2.05) is 54.6 Å². The van der Waals surface area contributed by atoms with Gasteiger partial charge in [0.2, 0.25) is 5.91 Å². The Morgan fingerprint density at radius 3 is 2.68 bits per heavy atom. The molecular formula is C28H29N3O5S. The molecule has 192 valence electrons. The molecule has 0 fully saturated rings. The predicted molar refractivity (Wildman–Crippen MR) is 141 cm³/mol. The minimum Gasteiger partial charge on any atom is -0.496 e. The van der Waals surface area contributed by atoms with E-state index in [1.54, 1.807) is 12.0 Å². The minimum absolute atomic E-state index is 0.163. The van der Waals surface area contributed by atoms with Gasteiger partial charge in [0.25, 0.3) is 0 Å². The standard InChI is InChI=1S/C28H29N3O5S/c1-34-24-10-6-5-9-21(24)11-12-26(32)30-27-23(17-29)22-13-14-31(18-25(22)37-27)28(33)36-16-15-35-19-20-7-3-2-4-8-20/h2-10H,11-16,18-19H2,1H3,(H,30,32). The van der Waals surface area contributed by atoms with Crippen molar-refractivity contribution < 1.29 is 23.8 Å². The van der Waals surface area contributed by atoms with Crippen molar-refractivity contribution in [1.29, 1.82) is 5.26 Å². The lowest BCUT2D eigenvalue weighted by Crippen LogP contribution is -2.36. The SMILES string of the molecule is COc1ccccc1CCC(=O)Nc1sc2c(c1C#N)CCN(C(=O)OCCOCc1ccccc1)C2. The Balaban J connectivity index is 1.27. The minimum atomic E-state index is -0.414. The van der Waals surface area contributed by atoms with Gasteiger partial charge in [0.05, 0.1) is 32.4 Å². The van der Waals surface area contributed by atoms with E-state index in [-0.39, 0.29) is 18.9 Å². The molecule has 0 unspecified atom stereocenters. The van der Waals surface area contributed by atoms with E-state index in [2.05, 4.69) is 11.4 Å². The van der Waals surface area contributed by atoms with E-state index in [9.17, 15) is 14.9 Å². The van der Waals surface area contributed by atoms with Crippen molar-refractivity contribution in [3.8, 4) is 11.8 Å². The summed E-state index contributed by atoms with van der Waals surface area (Å²) >= 11 is 1.34. The third-order valence-corrected chi connectivity index (χ3v) is 7.19. The summed E-state index contributed by atoms with van der Waals surface area (Å²) in [5.74, 6) is 0.571. The largest absolute Gasteiger partial charge is 0.496 e. The number of ether oxygens (including phenoxy) is 3. The van der Waals surface area contributed by atoms with Crippen LogP contribution in [0.25, 0.3) is 0 Å². The molecule has 0 aliphatic carbocycles. The number of thiophene rings is 1. The quantitative estimate of drug-likeness (QED) is 0.382. The maximum Gasteiger partial charge on any atom is 0.410 e. The lowest BCUT2D eigenvalue weighted by atomic mass is 10.0. The van der Waals surface area contributed by atoms with Gasteiger partial charge in [-0.2, -0.15) is 5.26 Å². The van der Waals surface area contributed by atoms with Gasteiger partial charge in [-0.25, -0.2) is 4.79 Å². The normalized spacial score (nSPS) is 12.4. The van der Waals surface area contributed by atoms with Gasteiger partial charge in [0, 0.05) is 17.8 Å². The Bertz CT molecular complexity index is 1270. The number of amides is 2. The van der Waals surface area contributed by atoms with Gasteiger partial charge in [-0.15, -0.1) is 11.3 Å². The van der Waals surface area contributed by atoms with Crippen molar-refractivity contribution in [2.45, 2.75) is 32.4 Å². The molecule has 3 aromatic rings. The number of fused-ring (bicyclic) bond motifs is 1. The second-order valence-corrected chi connectivity index (χ2v) is 9.61. The third-order valence-electron chi connectivity index (χ3n) is 6.06. The number of aryl methyl sites for hydroxylation is 1. The van der Waals surface area contributed by atoms with E-state index in [1.165, 1.54) is 11.3 Å². The summed E-state index contributed by atoms with van der Waals surface area (Å²) in [5.41, 5.74) is 3.38. The molecule has 0 spiro atoms. The molecule has 1 aliphatic heterocycles. The zero-order chi connectivity index (χ0) is 26.0. The Morgan fingerprint density at radius 2 is 1.89 bits per heavy atom. The lowest BCUT2D eigenvalue weighted by molar-refractivity contribution is -0.116. The first-order valence-corrected chi connectivity index (χ1v) is 12.9. The fourth-order valence-electron chi connectivity index (χ4n) is 4.16. The van der Waals surface area contributed by atoms with Crippen molar-refractivity contribution in [3.63, 3.8) is 0 Å². The predicted octanol–water partition coefficient (Wildman–Crippen LogP) is 4.91. The lowest BCUT2D eigenvalue weighted by Gasteiger charge is -2.26. The van der Waals surface area contributed by atoms with E-state index in [0.717, 1.165) is 27.3 Å². The Morgan fingerprint density at radius 1 is 1.11 bits per heavy atom. The summed E-state index contributed by atoms with van der Waals surface area (Å²) in [5, 5.41) is 13.2.